The summed E-state index contributed by atoms with van der Waals surface area (Å²) in [6.07, 6.45) is 10.8. The summed E-state index contributed by atoms with van der Waals surface area (Å²) in [5.74, 6) is 0.888. The van der Waals surface area contributed by atoms with E-state index in [1.54, 1.807) is 6.20 Å². The molecule has 2 aromatic rings. The highest BCUT2D eigenvalue weighted by molar-refractivity contribution is 9.10. The predicted molar refractivity (Wildman–Crippen MR) is 120 cm³/mol. The number of carbonyl (C=O) groups is 1. The standard InChI is InChI=1S/C23H31BrN4O/c1-17-22(15-25-28(17)21-9-7-19(24)8-10-21)23(29)26-20-11-13-27(14-12-20)16-18-5-3-2-4-6-18/h7-10,15,18,20H,2-6,11-14,16H2,1H3,(H,26,29). The molecule has 0 radical (unpaired) electrons. The Morgan fingerprint density at radius 3 is 2.48 bits per heavy atom. The molecule has 1 aromatic heterocycles. The summed E-state index contributed by atoms with van der Waals surface area (Å²) < 4.78 is 2.85. The van der Waals surface area contributed by atoms with Crippen LogP contribution in [-0.2, 0) is 0 Å². The molecule has 2 aliphatic rings. The maximum Gasteiger partial charge on any atom is 0.254 e. The Morgan fingerprint density at radius 1 is 1.10 bits per heavy atom. The van der Waals surface area contributed by atoms with Gasteiger partial charge < -0.3 is 10.2 Å². The molecular weight excluding hydrogens is 428 g/mol. The van der Waals surface area contributed by atoms with E-state index in [1.807, 2.05) is 35.9 Å². The van der Waals surface area contributed by atoms with Crippen molar-refractivity contribution in [3.8, 4) is 5.69 Å². The van der Waals surface area contributed by atoms with Crippen molar-refractivity contribution >= 4 is 21.8 Å². The Balaban J connectivity index is 1.30. The lowest BCUT2D eigenvalue weighted by Crippen LogP contribution is -2.46. The minimum absolute atomic E-state index is 0.00316. The van der Waals surface area contributed by atoms with Gasteiger partial charge in [0.25, 0.3) is 5.91 Å². The van der Waals surface area contributed by atoms with Gasteiger partial charge in [-0.25, -0.2) is 4.68 Å². The van der Waals surface area contributed by atoms with E-state index >= 15 is 0 Å². The molecule has 1 aliphatic heterocycles. The zero-order valence-electron chi connectivity index (χ0n) is 17.2. The molecule has 1 N–H and O–H groups in total. The Kier molecular flexibility index (Phi) is 6.70. The van der Waals surface area contributed by atoms with E-state index in [-0.39, 0.29) is 11.9 Å². The minimum Gasteiger partial charge on any atom is -0.349 e. The molecule has 2 heterocycles. The van der Waals surface area contributed by atoms with Crippen molar-refractivity contribution in [3.63, 3.8) is 0 Å². The van der Waals surface area contributed by atoms with Crippen LogP contribution in [0.15, 0.2) is 34.9 Å². The summed E-state index contributed by atoms with van der Waals surface area (Å²) in [6.45, 7) is 5.40. The quantitative estimate of drug-likeness (QED) is 0.704. The van der Waals surface area contributed by atoms with Gasteiger partial charge in [0, 0.05) is 30.1 Å². The molecule has 4 rings (SSSR count). The lowest BCUT2D eigenvalue weighted by atomic mass is 9.88. The SMILES string of the molecule is Cc1c(C(=O)NC2CCN(CC3CCCCC3)CC2)cnn1-c1ccc(Br)cc1. The third kappa shape index (κ3) is 5.10. The van der Waals surface area contributed by atoms with Crippen molar-refractivity contribution in [1.29, 1.82) is 0 Å². The Labute approximate surface area is 182 Å². The number of carbonyl (C=O) groups excluding carboxylic acids is 1. The molecule has 29 heavy (non-hydrogen) atoms. The number of nitrogens with one attached hydrogen (secondary N) is 1. The van der Waals surface area contributed by atoms with Gasteiger partial charge >= 0.3 is 0 Å². The topological polar surface area (TPSA) is 50.2 Å². The zero-order chi connectivity index (χ0) is 20.2. The lowest BCUT2D eigenvalue weighted by Gasteiger charge is -2.35. The Bertz CT molecular complexity index is 818. The van der Waals surface area contributed by atoms with Gasteiger partial charge in [-0.1, -0.05) is 35.2 Å². The van der Waals surface area contributed by atoms with Crippen LogP contribution in [0.1, 0.15) is 61.0 Å². The largest absolute Gasteiger partial charge is 0.349 e. The van der Waals surface area contributed by atoms with Crippen LogP contribution < -0.4 is 5.32 Å². The van der Waals surface area contributed by atoms with Crippen LogP contribution >= 0.6 is 15.9 Å². The first-order chi connectivity index (χ1) is 14.1. The second-order valence-electron chi connectivity index (χ2n) is 8.58. The highest BCUT2D eigenvalue weighted by Gasteiger charge is 2.25. The molecule has 1 aliphatic carbocycles. The van der Waals surface area contributed by atoms with Crippen LogP contribution in [0.3, 0.4) is 0 Å². The number of likely N-dealkylation sites (tertiary alicyclic amines) is 1. The molecular formula is C23H31BrN4O. The van der Waals surface area contributed by atoms with Crippen LogP contribution in [0.2, 0.25) is 0 Å². The van der Waals surface area contributed by atoms with Crippen LogP contribution in [0.25, 0.3) is 5.69 Å². The van der Waals surface area contributed by atoms with Crippen molar-refractivity contribution < 1.29 is 4.79 Å². The van der Waals surface area contributed by atoms with Crippen LogP contribution in [-0.4, -0.2) is 46.3 Å². The zero-order valence-corrected chi connectivity index (χ0v) is 18.8. The first-order valence-corrected chi connectivity index (χ1v) is 11.7. The van der Waals surface area contributed by atoms with Crippen molar-refractivity contribution in [2.75, 3.05) is 19.6 Å². The molecule has 156 valence electrons. The van der Waals surface area contributed by atoms with E-state index in [2.05, 4.69) is 31.2 Å². The molecule has 1 saturated carbocycles. The van der Waals surface area contributed by atoms with E-state index in [0.717, 1.165) is 47.7 Å². The fraction of sp³-hybridized carbons (Fsp3) is 0.565. The van der Waals surface area contributed by atoms with Gasteiger partial charge in [-0.05, 0) is 62.8 Å². The number of halogens is 1. The molecule has 2 fully saturated rings. The third-order valence-electron chi connectivity index (χ3n) is 6.49. The average Bonchev–Trinajstić information content (AvgIpc) is 3.12. The van der Waals surface area contributed by atoms with Gasteiger partial charge in [-0.3, -0.25) is 4.79 Å². The van der Waals surface area contributed by atoms with E-state index in [4.69, 9.17) is 0 Å². The number of piperidine rings is 1. The monoisotopic (exact) mass is 458 g/mol. The van der Waals surface area contributed by atoms with Crippen molar-refractivity contribution in [3.05, 3.63) is 46.2 Å². The van der Waals surface area contributed by atoms with E-state index < -0.39 is 0 Å². The number of rotatable bonds is 5. The van der Waals surface area contributed by atoms with Crippen molar-refractivity contribution in [2.24, 2.45) is 5.92 Å². The van der Waals surface area contributed by atoms with Gasteiger partial charge in [-0.15, -0.1) is 0 Å². The van der Waals surface area contributed by atoms with Crippen LogP contribution in [0, 0.1) is 12.8 Å². The first-order valence-electron chi connectivity index (χ1n) is 10.9. The number of nitrogens with zero attached hydrogens (tertiary/aromatic N) is 3. The van der Waals surface area contributed by atoms with Gasteiger partial charge in [0.05, 0.1) is 23.1 Å². The van der Waals surface area contributed by atoms with E-state index in [0.29, 0.717) is 5.56 Å². The smallest absolute Gasteiger partial charge is 0.254 e. The number of hydrogen-bond donors (Lipinski definition) is 1. The minimum atomic E-state index is -0.00316. The number of hydrogen-bond acceptors (Lipinski definition) is 3. The van der Waals surface area contributed by atoms with Gasteiger partial charge in [0.2, 0.25) is 0 Å². The van der Waals surface area contributed by atoms with E-state index in [1.165, 1.54) is 38.6 Å². The number of aromatic nitrogens is 2. The molecule has 0 bridgehead atoms. The number of benzene rings is 1. The average molecular weight is 459 g/mol. The van der Waals surface area contributed by atoms with Gasteiger partial charge in [0.15, 0.2) is 0 Å². The molecule has 6 heteroatoms. The summed E-state index contributed by atoms with van der Waals surface area (Å²) >= 11 is 3.45. The molecule has 0 spiro atoms. The second-order valence-corrected chi connectivity index (χ2v) is 9.50. The van der Waals surface area contributed by atoms with E-state index in [9.17, 15) is 4.79 Å². The predicted octanol–water partition coefficient (Wildman–Crippen LogP) is 4.72. The fourth-order valence-corrected chi connectivity index (χ4v) is 5.00. The van der Waals surface area contributed by atoms with Gasteiger partial charge in [0.1, 0.15) is 0 Å². The molecule has 1 amide bonds. The summed E-state index contributed by atoms with van der Waals surface area (Å²) in [6, 6.07) is 8.22. The number of amides is 1. The molecule has 1 saturated heterocycles. The highest BCUT2D eigenvalue weighted by Crippen LogP contribution is 2.25. The normalized spacial score (nSPS) is 19.4. The maximum atomic E-state index is 12.8. The summed E-state index contributed by atoms with van der Waals surface area (Å²) in [5, 5.41) is 7.69. The Hall–Kier alpha value is -1.66. The molecule has 0 atom stereocenters. The maximum absolute atomic E-state index is 12.8. The molecule has 0 unspecified atom stereocenters. The van der Waals surface area contributed by atoms with Crippen molar-refractivity contribution in [1.82, 2.24) is 20.0 Å². The van der Waals surface area contributed by atoms with Crippen molar-refractivity contribution in [2.45, 2.75) is 57.9 Å². The molecule has 1 aromatic carbocycles. The first kappa shape index (κ1) is 20.6. The summed E-state index contributed by atoms with van der Waals surface area (Å²) in [7, 11) is 0. The molecule has 5 nitrogen and oxygen atoms in total. The second kappa shape index (κ2) is 9.43. The van der Waals surface area contributed by atoms with Crippen LogP contribution in [0.5, 0.6) is 0 Å². The van der Waals surface area contributed by atoms with Crippen LogP contribution in [0.4, 0.5) is 0 Å². The summed E-state index contributed by atoms with van der Waals surface area (Å²) in [5.41, 5.74) is 2.50. The third-order valence-corrected chi connectivity index (χ3v) is 7.02. The fourth-order valence-electron chi connectivity index (χ4n) is 4.73. The highest BCUT2D eigenvalue weighted by atomic mass is 79.9. The summed E-state index contributed by atoms with van der Waals surface area (Å²) in [4.78, 5) is 15.5. The lowest BCUT2D eigenvalue weighted by molar-refractivity contribution is 0.0901. The Morgan fingerprint density at radius 2 is 1.79 bits per heavy atom. The van der Waals surface area contributed by atoms with Gasteiger partial charge in [-0.2, -0.15) is 5.10 Å².